The Labute approximate surface area is 86.7 Å². The van der Waals surface area contributed by atoms with Gasteiger partial charge >= 0.3 is 0 Å². The molecule has 0 unspecified atom stereocenters. The van der Waals surface area contributed by atoms with Gasteiger partial charge in [-0.05, 0) is 18.0 Å². The second-order valence-corrected chi connectivity index (χ2v) is 2.60. The molecule has 0 fully saturated rings. The third-order valence-electron chi connectivity index (χ3n) is 1.65. The number of hydrogen-bond donors (Lipinski definition) is 0. The van der Waals surface area contributed by atoms with Crippen LogP contribution < -0.4 is 0 Å². The minimum Gasteiger partial charge on any atom is -0.351 e. The summed E-state index contributed by atoms with van der Waals surface area (Å²) in [5.41, 5.74) is 1.10. The van der Waals surface area contributed by atoms with E-state index in [0.717, 1.165) is 12.1 Å². The van der Waals surface area contributed by atoms with E-state index in [0.29, 0.717) is 0 Å². The van der Waals surface area contributed by atoms with Crippen LogP contribution >= 0.6 is 0 Å². The third kappa shape index (κ3) is 4.99. The molecule has 0 spiro atoms. The Balaban J connectivity index is 4.40. The predicted octanol–water partition coefficient (Wildman–Crippen LogP) is 3.43. The van der Waals surface area contributed by atoms with Gasteiger partial charge in [-0.25, -0.2) is 0 Å². The van der Waals surface area contributed by atoms with Gasteiger partial charge in [-0.15, -0.1) is 0 Å². The van der Waals surface area contributed by atoms with Crippen molar-refractivity contribution in [2.75, 3.05) is 6.54 Å². The van der Waals surface area contributed by atoms with E-state index in [4.69, 9.17) is 0 Å². The highest BCUT2D eigenvalue weighted by Gasteiger charge is 1.94. The fraction of sp³-hybridized carbons (Fsp3) is 0.0769. The Morgan fingerprint density at radius 1 is 1.00 bits per heavy atom. The maximum absolute atomic E-state index is 3.74. The van der Waals surface area contributed by atoms with E-state index in [1.807, 2.05) is 29.2 Å². The van der Waals surface area contributed by atoms with Gasteiger partial charge in [0, 0.05) is 6.54 Å². The molecular weight excluding hydrogens is 170 g/mol. The van der Waals surface area contributed by atoms with Crippen molar-refractivity contribution < 1.29 is 0 Å². The van der Waals surface area contributed by atoms with Gasteiger partial charge in [0.2, 0.25) is 0 Å². The number of nitrogens with zero attached hydrogens (tertiary/aromatic N) is 1. The van der Waals surface area contributed by atoms with Crippen molar-refractivity contribution in [1.29, 1.82) is 0 Å². The molecule has 0 saturated heterocycles. The van der Waals surface area contributed by atoms with Gasteiger partial charge in [0.05, 0.1) is 0 Å². The molecule has 0 N–H and O–H groups in total. The van der Waals surface area contributed by atoms with Gasteiger partial charge in [-0.2, -0.15) is 0 Å². The topological polar surface area (TPSA) is 3.24 Å². The predicted molar refractivity (Wildman–Crippen MR) is 64.7 cm³/mol. The maximum atomic E-state index is 3.74. The van der Waals surface area contributed by atoms with E-state index in [1.54, 1.807) is 18.5 Å². The van der Waals surface area contributed by atoms with Crippen molar-refractivity contribution >= 4 is 0 Å². The Morgan fingerprint density at radius 3 is 2.07 bits per heavy atom. The van der Waals surface area contributed by atoms with Crippen LogP contribution in [-0.2, 0) is 0 Å². The van der Waals surface area contributed by atoms with Gasteiger partial charge in [-0.3, -0.25) is 0 Å². The first-order chi connectivity index (χ1) is 6.78. The summed E-state index contributed by atoms with van der Waals surface area (Å²) in [6.45, 7) is 15.4. The molecule has 14 heavy (non-hydrogen) atoms. The zero-order valence-corrected chi connectivity index (χ0v) is 8.52. The minimum absolute atomic E-state index is 0.734. The van der Waals surface area contributed by atoms with Gasteiger partial charge in [0.25, 0.3) is 0 Å². The molecule has 0 aromatic rings. The van der Waals surface area contributed by atoms with Crippen molar-refractivity contribution in [2.45, 2.75) is 0 Å². The Hall–Kier alpha value is -1.76. The van der Waals surface area contributed by atoms with Crippen LogP contribution in [0.15, 0.2) is 74.7 Å². The van der Waals surface area contributed by atoms with Crippen LogP contribution in [0.4, 0.5) is 0 Å². The summed E-state index contributed by atoms with van der Waals surface area (Å²) < 4.78 is 0. The van der Waals surface area contributed by atoms with E-state index in [9.17, 15) is 0 Å². The van der Waals surface area contributed by atoms with Crippen LogP contribution in [0, 0.1) is 0 Å². The lowest BCUT2D eigenvalue weighted by Gasteiger charge is -2.14. The molecule has 0 heterocycles. The zero-order chi connectivity index (χ0) is 10.8. The van der Waals surface area contributed by atoms with Gasteiger partial charge in [0.15, 0.2) is 0 Å². The lowest BCUT2D eigenvalue weighted by molar-refractivity contribution is 0.559. The summed E-state index contributed by atoms with van der Waals surface area (Å²) >= 11 is 0. The SMILES string of the molecule is C=C/C=C/C=C(\C=C)CN(C=C)C=C. The van der Waals surface area contributed by atoms with Gasteiger partial charge < -0.3 is 4.90 Å². The Kier molecular flexibility index (Phi) is 6.88. The molecule has 1 heteroatoms. The number of rotatable bonds is 7. The average Bonchev–Trinajstić information content (AvgIpc) is 2.23. The second kappa shape index (κ2) is 7.87. The summed E-state index contributed by atoms with van der Waals surface area (Å²) in [5, 5.41) is 0. The minimum atomic E-state index is 0.734. The van der Waals surface area contributed by atoms with Crippen molar-refractivity contribution in [3.8, 4) is 0 Å². The van der Waals surface area contributed by atoms with E-state index in [1.165, 1.54) is 0 Å². The lowest BCUT2D eigenvalue weighted by atomic mass is 10.2. The molecule has 0 bridgehead atoms. The van der Waals surface area contributed by atoms with Gasteiger partial charge in [0.1, 0.15) is 0 Å². The number of allylic oxidation sites excluding steroid dienone is 4. The van der Waals surface area contributed by atoms with E-state index < -0.39 is 0 Å². The van der Waals surface area contributed by atoms with Crippen LogP contribution in [0.3, 0.4) is 0 Å². The Bertz CT molecular complexity index is 261. The highest BCUT2D eigenvalue weighted by atomic mass is 15.1. The molecule has 0 rings (SSSR count). The third-order valence-corrected chi connectivity index (χ3v) is 1.65. The first kappa shape index (κ1) is 12.2. The van der Waals surface area contributed by atoms with Gasteiger partial charge in [-0.1, -0.05) is 56.7 Å². The molecule has 0 amide bonds. The maximum Gasteiger partial charge on any atom is 0.0469 e. The second-order valence-electron chi connectivity index (χ2n) is 2.60. The summed E-state index contributed by atoms with van der Waals surface area (Å²) in [6, 6.07) is 0. The highest BCUT2D eigenvalue weighted by Crippen LogP contribution is 2.01. The van der Waals surface area contributed by atoms with Crippen molar-refractivity contribution in [3.05, 3.63) is 74.7 Å². The lowest BCUT2D eigenvalue weighted by Crippen LogP contribution is -2.11. The summed E-state index contributed by atoms with van der Waals surface area (Å²) in [5.74, 6) is 0. The van der Waals surface area contributed by atoms with E-state index in [-0.39, 0.29) is 0 Å². The zero-order valence-electron chi connectivity index (χ0n) is 8.52. The average molecular weight is 187 g/mol. The van der Waals surface area contributed by atoms with Crippen molar-refractivity contribution in [2.24, 2.45) is 0 Å². The highest BCUT2D eigenvalue weighted by molar-refractivity contribution is 5.25. The van der Waals surface area contributed by atoms with Crippen LogP contribution in [0.5, 0.6) is 0 Å². The smallest absolute Gasteiger partial charge is 0.0469 e. The van der Waals surface area contributed by atoms with E-state index >= 15 is 0 Å². The quantitative estimate of drug-likeness (QED) is 0.552. The number of hydrogen-bond acceptors (Lipinski definition) is 1. The first-order valence-corrected chi connectivity index (χ1v) is 4.40. The summed E-state index contributed by atoms with van der Waals surface area (Å²) in [4.78, 5) is 1.88. The first-order valence-electron chi connectivity index (χ1n) is 4.40. The fourth-order valence-electron chi connectivity index (χ4n) is 0.857. The Morgan fingerprint density at radius 2 is 1.64 bits per heavy atom. The van der Waals surface area contributed by atoms with Crippen LogP contribution in [0.1, 0.15) is 0 Å². The molecule has 74 valence electrons. The largest absolute Gasteiger partial charge is 0.351 e. The monoisotopic (exact) mass is 187 g/mol. The van der Waals surface area contributed by atoms with Crippen molar-refractivity contribution in [3.63, 3.8) is 0 Å². The molecule has 0 aliphatic carbocycles. The molecule has 0 radical (unpaired) electrons. The standard InChI is InChI=1S/C13H17N/c1-5-9-10-11-13(6-2)12-14(7-3)8-4/h5-11H,1-4,12H2/b10-9+,13-11+. The van der Waals surface area contributed by atoms with Crippen LogP contribution in [-0.4, -0.2) is 11.4 Å². The summed E-state index contributed by atoms with van der Waals surface area (Å²) in [7, 11) is 0. The molecule has 0 aliphatic heterocycles. The molecule has 0 aromatic heterocycles. The molecule has 0 saturated carbocycles. The normalized spacial score (nSPS) is 11.0. The molecule has 0 atom stereocenters. The molecular formula is C13H17N. The van der Waals surface area contributed by atoms with Crippen LogP contribution in [0.2, 0.25) is 0 Å². The van der Waals surface area contributed by atoms with Crippen molar-refractivity contribution in [1.82, 2.24) is 4.90 Å². The van der Waals surface area contributed by atoms with E-state index in [2.05, 4.69) is 26.3 Å². The molecule has 1 nitrogen and oxygen atoms in total. The molecule has 0 aliphatic rings. The summed E-state index contributed by atoms with van der Waals surface area (Å²) in [6.07, 6.45) is 12.8. The molecule has 0 aromatic carbocycles. The fourth-order valence-corrected chi connectivity index (χ4v) is 0.857. The van der Waals surface area contributed by atoms with Crippen LogP contribution in [0.25, 0.3) is 0 Å².